The third-order valence-corrected chi connectivity index (χ3v) is 2.79. The number of imide groups is 1. The van der Waals surface area contributed by atoms with Crippen LogP contribution in [0.15, 0.2) is 0 Å². The molecule has 0 aliphatic carbocycles. The molecule has 1 atom stereocenters. The van der Waals surface area contributed by atoms with E-state index in [1.54, 1.807) is 0 Å². The van der Waals surface area contributed by atoms with E-state index < -0.39 is 17.3 Å². The summed E-state index contributed by atoms with van der Waals surface area (Å²) in [5.41, 5.74) is -1.20. The molecule has 0 aromatic rings. The number of likely N-dealkylation sites (tertiary alicyclic amines) is 1. The van der Waals surface area contributed by atoms with Crippen LogP contribution in [0.3, 0.4) is 0 Å². The number of methoxy groups -OCH3 is 1. The molecule has 1 aliphatic heterocycles. The number of ether oxygens (including phenoxy) is 1. The number of carbonyl (C=O) groups excluding carboxylic acids is 3. The van der Waals surface area contributed by atoms with Crippen molar-refractivity contribution in [2.75, 3.05) is 13.7 Å². The van der Waals surface area contributed by atoms with E-state index in [1.165, 1.54) is 21.0 Å². The third kappa shape index (κ3) is 1.86. The summed E-state index contributed by atoms with van der Waals surface area (Å²) in [6.07, 6.45) is 1.07. The van der Waals surface area contributed by atoms with Crippen molar-refractivity contribution in [1.29, 1.82) is 0 Å². The number of nitrogens with zero attached hydrogens (tertiary/aromatic N) is 1. The molecular weight excluding hydrogens is 198 g/mol. The standard InChI is InChI=1S/C10H15NO4/c1-7(12)11-6-4-5-10(2,8(11)13)9(14)15-3/h4-6H2,1-3H3. The van der Waals surface area contributed by atoms with Crippen molar-refractivity contribution >= 4 is 17.8 Å². The number of hydrogen-bond donors (Lipinski definition) is 0. The SMILES string of the molecule is COC(=O)C1(C)CCCN(C(C)=O)C1=O. The van der Waals surface area contributed by atoms with Gasteiger partial charge >= 0.3 is 5.97 Å². The number of hydrogen-bond acceptors (Lipinski definition) is 4. The molecule has 2 amide bonds. The third-order valence-electron chi connectivity index (χ3n) is 2.79. The molecule has 1 aliphatic rings. The van der Waals surface area contributed by atoms with Gasteiger partial charge in [-0.15, -0.1) is 0 Å². The van der Waals surface area contributed by atoms with Crippen LogP contribution in [0.1, 0.15) is 26.7 Å². The molecule has 0 radical (unpaired) electrons. The first-order valence-electron chi connectivity index (χ1n) is 4.84. The van der Waals surface area contributed by atoms with Crippen molar-refractivity contribution in [1.82, 2.24) is 4.90 Å². The van der Waals surface area contributed by atoms with E-state index in [0.717, 1.165) is 4.90 Å². The summed E-state index contributed by atoms with van der Waals surface area (Å²) in [6.45, 7) is 3.23. The Morgan fingerprint density at radius 2 is 2.07 bits per heavy atom. The van der Waals surface area contributed by atoms with Crippen molar-refractivity contribution in [2.45, 2.75) is 26.7 Å². The van der Waals surface area contributed by atoms with Gasteiger partial charge in [0.15, 0.2) is 0 Å². The van der Waals surface area contributed by atoms with E-state index in [2.05, 4.69) is 4.74 Å². The molecule has 5 heteroatoms. The fraction of sp³-hybridized carbons (Fsp3) is 0.700. The quantitative estimate of drug-likeness (QED) is 0.465. The van der Waals surface area contributed by atoms with Gasteiger partial charge < -0.3 is 4.74 Å². The Morgan fingerprint density at radius 3 is 2.53 bits per heavy atom. The molecule has 1 saturated heterocycles. The smallest absolute Gasteiger partial charge is 0.321 e. The van der Waals surface area contributed by atoms with Crippen molar-refractivity contribution in [3.05, 3.63) is 0 Å². The second kappa shape index (κ2) is 4.00. The van der Waals surface area contributed by atoms with Crippen LogP contribution in [0.25, 0.3) is 0 Å². The van der Waals surface area contributed by atoms with Gasteiger partial charge in [0.1, 0.15) is 5.41 Å². The minimum atomic E-state index is -1.20. The molecular formula is C10H15NO4. The summed E-state index contributed by atoms with van der Waals surface area (Å²) < 4.78 is 4.59. The highest BCUT2D eigenvalue weighted by Gasteiger charge is 2.48. The van der Waals surface area contributed by atoms with Crippen LogP contribution in [0, 0.1) is 5.41 Å². The van der Waals surface area contributed by atoms with E-state index in [-0.39, 0.29) is 5.91 Å². The van der Waals surface area contributed by atoms with E-state index in [4.69, 9.17) is 0 Å². The lowest BCUT2D eigenvalue weighted by molar-refractivity contribution is -0.167. The van der Waals surface area contributed by atoms with Crippen LogP contribution < -0.4 is 0 Å². The van der Waals surface area contributed by atoms with E-state index in [0.29, 0.717) is 19.4 Å². The van der Waals surface area contributed by atoms with Gasteiger partial charge in [0.05, 0.1) is 7.11 Å². The first-order valence-corrected chi connectivity index (χ1v) is 4.84. The van der Waals surface area contributed by atoms with Crippen LogP contribution in [0.5, 0.6) is 0 Å². The van der Waals surface area contributed by atoms with Crippen LogP contribution in [0.2, 0.25) is 0 Å². The molecule has 1 unspecified atom stereocenters. The lowest BCUT2D eigenvalue weighted by atomic mass is 9.81. The van der Waals surface area contributed by atoms with Crippen molar-refractivity contribution in [3.63, 3.8) is 0 Å². The summed E-state index contributed by atoms with van der Waals surface area (Å²) >= 11 is 0. The van der Waals surface area contributed by atoms with Gasteiger partial charge in [0, 0.05) is 13.5 Å². The van der Waals surface area contributed by atoms with E-state index in [1.807, 2.05) is 0 Å². The summed E-state index contributed by atoms with van der Waals surface area (Å²) in [5.74, 6) is -1.35. The molecule has 0 N–H and O–H groups in total. The van der Waals surface area contributed by atoms with Crippen LogP contribution >= 0.6 is 0 Å². The molecule has 0 saturated carbocycles. The lowest BCUT2D eigenvalue weighted by Gasteiger charge is -2.35. The van der Waals surface area contributed by atoms with Gasteiger partial charge in [-0.25, -0.2) is 0 Å². The molecule has 15 heavy (non-hydrogen) atoms. The maximum Gasteiger partial charge on any atom is 0.321 e. The lowest BCUT2D eigenvalue weighted by Crippen LogP contribution is -2.53. The zero-order valence-corrected chi connectivity index (χ0v) is 9.20. The number of amides is 2. The molecule has 5 nitrogen and oxygen atoms in total. The number of esters is 1. The molecule has 0 aromatic heterocycles. The molecule has 1 heterocycles. The molecule has 0 aromatic carbocycles. The Morgan fingerprint density at radius 1 is 1.47 bits per heavy atom. The number of piperidine rings is 1. The Hall–Kier alpha value is -1.39. The Kier molecular flexibility index (Phi) is 3.12. The predicted octanol–water partition coefficient (Wildman–Crippen LogP) is 0.335. The highest BCUT2D eigenvalue weighted by molar-refractivity contribution is 6.08. The zero-order valence-electron chi connectivity index (χ0n) is 9.20. The zero-order chi connectivity index (χ0) is 11.6. The Bertz CT molecular complexity index is 313. The molecule has 0 spiro atoms. The van der Waals surface area contributed by atoms with Crippen molar-refractivity contribution in [2.24, 2.45) is 5.41 Å². The summed E-state index contributed by atoms with van der Waals surface area (Å²) in [7, 11) is 1.24. The Labute approximate surface area is 88.4 Å². The fourth-order valence-corrected chi connectivity index (χ4v) is 1.81. The van der Waals surface area contributed by atoms with Gasteiger partial charge in [0.2, 0.25) is 11.8 Å². The average Bonchev–Trinajstić information content (AvgIpc) is 2.20. The monoisotopic (exact) mass is 213 g/mol. The first kappa shape index (κ1) is 11.7. The van der Waals surface area contributed by atoms with E-state index >= 15 is 0 Å². The minimum Gasteiger partial charge on any atom is -0.468 e. The maximum absolute atomic E-state index is 11.9. The molecule has 0 bridgehead atoms. The highest BCUT2D eigenvalue weighted by Crippen LogP contribution is 2.32. The first-order chi connectivity index (χ1) is 6.93. The van der Waals surface area contributed by atoms with Gasteiger partial charge in [0.25, 0.3) is 0 Å². The molecule has 1 rings (SSSR count). The summed E-state index contributed by atoms with van der Waals surface area (Å²) in [6, 6.07) is 0. The number of rotatable bonds is 1. The van der Waals surface area contributed by atoms with Crippen molar-refractivity contribution < 1.29 is 19.1 Å². The van der Waals surface area contributed by atoms with Crippen LogP contribution in [0.4, 0.5) is 0 Å². The van der Waals surface area contributed by atoms with Gasteiger partial charge in [-0.1, -0.05) is 0 Å². The topological polar surface area (TPSA) is 63.7 Å². The average molecular weight is 213 g/mol. The maximum atomic E-state index is 11.9. The van der Waals surface area contributed by atoms with Crippen LogP contribution in [-0.2, 0) is 19.1 Å². The van der Waals surface area contributed by atoms with Gasteiger partial charge in [-0.05, 0) is 19.8 Å². The summed E-state index contributed by atoms with van der Waals surface area (Å²) in [5, 5.41) is 0. The van der Waals surface area contributed by atoms with Crippen molar-refractivity contribution in [3.8, 4) is 0 Å². The van der Waals surface area contributed by atoms with E-state index in [9.17, 15) is 14.4 Å². The molecule has 84 valence electrons. The largest absolute Gasteiger partial charge is 0.468 e. The molecule has 1 fully saturated rings. The number of carbonyl (C=O) groups is 3. The normalized spacial score (nSPS) is 26.3. The minimum absolute atomic E-state index is 0.324. The fourth-order valence-electron chi connectivity index (χ4n) is 1.81. The van der Waals surface area contributed by atoms with Crippen LogP contribution in [-0.4, -0.2) is 36.3 Å². The predicted molar refractivity (Wildman–Crippen MR) is 51.8 cm³/mol. The highest BCUT2D eigenvalue weighted by atomic mass is 16.5. The summed E-state index contributed by atoms with van der Waals surface area (Å²) in [4.78, 5) is 35.7. The van der Waals surface area contributed by atoms with Gasteiger partial charge in [-0.2, -0.15) is 0 Å². The Balaban J connectivity index is 2.96. The van der Waals surface area contributed by atoms with Gasteiger partial charge in [-0.3, -0.25) is 19.3 Å². The second-order valence-corrected chi connectivity index (χ2v) is 3.90. The second-order valence-electron chi connectivity index (χ2n) is 3.90.